The van der Waals surface area contributed by atoms with Crippen LogP contribution in [0.15, 0.2) is 58.3 Å². The first-order valence-electron chi connectivity index (χ1n) is 5.66. The molecule has 0 unspecified atom stereocenters. The van der Waals surface area contributed by atoms with Gasteiger partial charge < -0.3 is 5.21 Å². The van der Waals surface area contributed by atoms with Gasteiger partial charge in [0.1, 0.15) is 0 Å². The van der Waals surface area contributed by atoms with Crippen molar-refractivity contribution >= 4 is 22.9 Å². The van der Waals surface area contributed by atoms with E-state index in [9.17, 15) is 5.21 Å². The van der Waals surface area contributed by atoms with Crippen molar-refractivity contribution in [3.05, 3.63) is 59.3 Å². The summed E-state index contributed by atoms with van der Waals surface area (Å²) in [7, 11) is 0. The fraction of sp³-hybridized carbons (Fsp3) is 0. The predicted octanol–water partition coefficient (Wildman–Crippen LogP) is 1.91. The van der Waals surface area contributed by atoms with E-state index in [4.69, 9.17) is 0 Å². The van der Waals surface area contributed by atoms with Crippen molar-refractivity contribution < 1.29 is 9.53 Å². The number of anilines is 1. The Balaban J connectivity index is 1.79. The van der Waals surface area contributed by atoms with Crippen molar-refractivity contribution in [2.45, 2.75) is 0 Å². The van der Waals surface area contributed by atoms with E-state index < -0.39 is 0 Å². The van der Waals surface area contributed by atoms with E-state index in [1.807, 2.05) is 30.3 Å². The number of hydrogen-bond donors (Lipinski definition) is 1. The number of benzene rings is 2. The number of hydrogen-bond acceptors (Lipinski definition) is 5. The van der Waals surface area contributed by atoms with Crippen LogP contribution < -0.4 is 10.3 Å². The zero-order chi connectivity index (χ0) is 13.1. The summed E-state index contributed by atoms with van der Waals surface area (Å²) in [6, 6.07) is 14.8. The Kier molecular flexibility index (Phi) is 2.82. The molecule has 6 heteroatoms. The van der Waals surface area contributed by atoms with E-state index in [-0.39, 0.29) is 0 Å². The molecule has 0 fully saturated rings. The van der Waals surface area contributed by atoms with E-state index in [0.29, 0.717) is 15.9 Å². The smallest absolute Gasteiger partial charge is 0.248 e. The van der Waals surface area contributed by atoms with Gasteiger partial charge in [0.05, 0.1) is 11.9 Å². The first-order chi connectivity index (χ1) is 9.33. The van der Waals surface area contributed by atoms with Crippen LogP contribution in [0, 0.1) is 5.21 Å². The van der Waals surface area contributed by atoms with Crippen LogP contribution in [-0.2, 0) is 0 Å². The van der Waals surface area contributed by atoms with Gasteiger partial charge in [-0.1, -0.05) is 18.2 Å². The number of nitrogens with zero attached hydrogens (tertiary/aromatic N) is 3. The van der Waals surface area contributed by atoms with Crippen molar-refractivity contribution in [1.29, 1.82) is 0 Å². The first-order valence-corrected chi connectivity index (χ1v) is 5.66. The lowest BCUT2D eigenvalue weighted by Crippen LogP contribution is -2.22. The maximum Gasteiger partial charge on any atom is 0.248 e. The van der Waals surface area contributed by atoms with Gasteiger partial charge in [0.25, 0.3) is 0 Å². The van der Waals surface area contributed by atoms with Crippen molar-refractivity contribution in [1.82, 2.24) is 5.16 Å². The molecule has 19 heavy (non-hydrogen) atoms. The van der Waals surface area contributed by atoms with Gasteiger partial charge >= 0.3 is 0 Å². The molecular weight excluding hydrogens is 244 g/mol. The maximum absolute atomic E-state index is 11.3. The minimum atomic E-state index is 0.372. The monoisotopic (exact) mass is 254 g/mol. The van der Waals surface area contributed by atoms with Crippen LogP contribution in [0.5, 0.6) is 0 Å². The standard InChI is InChI=1S/C13H10N4O2/c18-17-13-8-10(6-7-12(13)16-19-17)9-14-15-11-4-2-1-3-5-11/h1-9,15H/b14-9+. The van der Waals surface area contributed by atoms with Crippen LogP contribution in [0.3, 0.4) is 0 Å². The average molecular weight is 254 g/mol. The molecule has 0 saturated carbocycles. The Labute approximate surface area is 108 Å². The molecule has 0 saturated heterocycles. The van der Waals surface area contributed by atoms with Gasteiger partial charge in [-0.25, -0.2) is 0 Å². The van der Waals surface area contributed by atoms with Crippen LogP contribution in [0.2, 0.25) is 0 Å². The molecule has 1 heterocycles. The fourth-order valence-corrected chi connectivity index (χ4v) is 1.66. The van der Waals surface area contributed by atoms with Crippen molar-refractivity contribution in [2.24, 2.45) is 5.10 Å². The van der Waals surface area contributed by atoms with Crippen LogP contribution in [0.25, 0.3) is 11.0 Å². The number of para-hydroxylation sites is 1. The predicted molar refractivity (Wildman–Crippen MR) is 70.6 cm³/mol. The van der Waals surface area contributed by atoms with E-state index >= 15 is 0 Å². The number of hydrazone groups is 1. The third kappa shape index (κ3) is 2.37. The van der Waals surface area contributed by atoms with Gasteiger partial charge in [-0.2, -0.15) is 5.10 Å². The minimum absolute atomic E-state index is 0.372. The Bertz CT molecular complexity index is 722. The van der Waals surface area contributed by atoms with Crippen LogP contribution in [0.1, 0.15) is 5.56 Å². The zero-order valence-electron chi connectivity index (χ0n) is 9.85. The van der Waals surface area contributed by atoms with Gasteiger partial charge in [0, 0.05) is 11.2 Å². The molecule has 0 amide bonds. The van der Waals surface area contributed by atoms with Crippen LogP contribution in [-0.4, -0.2) is 11.4 Å². The molecule has 3 aromatic rings. The highest BCUT2D eigenvalue weighted by Gasteiger charge is 2.08. The summed E-state index contributed by atoms with van der Waals surface area (Å²) >= 11 is 0. The SMILES string of the molecule is [O-][n+]1onc2ccc(/C=N/Nc3ccccc3)cc21. The second-order valence-electron chi connectivity index (χ2n) is 3.91. The third-order valence-corrected chi connectivity index (χ3v) is 2.59. The molecule has 0 atom stereocenters. The molecular formula is C13H10N4O2. The van der Waals surface area contributed by atoms with Crippen molar-refractivity contribution in [3.8, 4) is 0 Å². The summed E-state index contributed by atoms with van der Waals surface area (Å²) in [4.78, 5) is 0.372. The lowest BCUT2D eigenvalue weighted by Gasteiger charge is -1.98. The number of rotatable bonds is 3. The second-order valence-corrected chi connectivity index (χ2v) is 3.91. The Morgan fingerprint density at radius 2 is 2.05 bits per heavy atom. The minimum Gasteiger partial charge on any atom is -0.359 e. The van der Waals surface area contributed by atoms with Gasteiger partial charge in [-0.15, -0.1) is 0 Å². The topological polar surface area (TPSA) is 77.4 Å². The molecule has 0 spiro atoms. The third-order valence-electron chi connectivity index (χ3n) is 2.59. The fourth-order valence-electron chi connectivity index (χ4n) is 1.66. The lowest BCUT2D eigenvalue weighted by molar-refractivity contribution is -0.782. The molecule has 0 aliphatic carbocycles. The first kappa shape index (κ1) is 11.2. The number of aromatic nitrogens is 2. The largest absolute Gasteiger partial charge is 0.359 e. The van der Waals surface area contributed by atoms with Gasteiger partial charge in [0.15, 0.2) is 0 Å². The molecule has 3 rings (SSSR count). The Morgan fingerprint density at radius 3 is 2.89 bits per heavy atom. The van der Waals surface area contributed by atoms with Gasteiger partial charge in [0.2, 0.25) is 11.0 Å². The molecule has 0 aliphatic rings. The summed E-state index contributed by atoms with van der Waals surface area (Å²) in [5.41, 5.74) is 5.46. The maximum atomic E-state index is 11.3. The summed E-state index contributed by atoms with van der Waals surface area (Å²) in [5.74, 6) is 0. The molecule has 94 valence electrons. The van der Waals surface area contributed by atoms with Gasteiger partial charge in [-0.3, -0.25) is 10.1 Å². The summed E-state index contributed by atoms with van der Waals surface area (Å²) in [6.07, 6.45) is 1.62. The molecule has 1 N–H and O–H groups in total. The Morgan fingerprint density at radius 1 is 1.21 bits per heavy atom. The second kappa shape index (κ2) is 4.77. The zero-order valence-corrected chi connectivity index (χ0v) is 9.85. The summed E-state index contributed by atoms with van der Waals surface area (Å²) in [5, 5.41) is 19.0. The van der Waals surface area contributed by atoms with Crippen LogP contribution >= 0.6 is 0 Å². The lowest BCUT2D eigenvalue weighted by atomic mass is 10.2. The highest BCUT2D eigenvalue weighted by Crippen LogP contribution is 2.09. The van der Waals surface area contributed by atoms with Crippen molar-refractivity contribution in [2.75, 3.05) is 5.43 Å². The molecule has 0 bridgehead atoms. The molecule has 2 aromatic carbocycles. The highest BCUT2D eigenvalue weighted by molar-refractivity contribution is 5.85. The number of nitrogens with one attached hydrogen (secondary N) is 1. The van der Waals surface area contributed by atoms with Crippen molar-refractivity contribution in [3.63, 3.8) is 0 Å². The van der Waals surface area contributed by atoms with Crippen LogP contribution in [0.4, 0.5) is 5.69 Å². The molecule has 6 nitrogen and oxygen atoms in total. The molecule has 0 aliphatic heterocycles. The van der Waals surface area contributed by atoms with E-state index in [1.165, 1.54) is 0 Å². The molecule has 0 radical (unpaired) electrons. The van der Waals surface area contributed by atoms with E-state index in [1.54, 1.807) is 24.4 Å². The van der Waals surface area contributed by atoms with Gasteiger partial charge in [-0.05, 0) is 34.7 Å². The molecule has 1 aromatic heterocycles. The number of fused-ring (bicyclic) bond motifs is 1. The normalized spacial score (nSPS) is 11.2. The highest BCUT2D eigenvalue weighted by atomic mass is 16.8. The quantitative estimate of drug-likeness (QED) is 0.440. The van der Waals surface area contributed by atoms with E-state index in [0.717, 1.165) is 11.3 Å². The average Bonchev–Trinajstić information content (AvgIpc) is 2.82. The summed E-state index contributed by atoms with van der Waals surface area (Å²) < 4.78 is 4.49. The summed E-state index contributed by atoms with van der Waals surface area (Å²) in [6.45, 7) is 0. The Hall–Kier alpha value is -2.89. The van der Waals surface area contributed by atoms with E-state index in [2.05, 4.69) is 20.3 Å².